The molecule has 1 aromatic heterocycles. The number of nitrogens with zero attached hydrogens (tertiary/aromatic N) is 2. The van der Waals surface area contributed by atoms with E-state index in [0.29, 0.717) is 4.90 Å². The molecule has 1 rings (SSSR count). The van der Waals surface area contributed by atoms with E-state index in [9.17, 15) is 18.0 Å². The van der Waals surface area contributed by atoms with E-state index in [0.717, 1.165) is 6.07 Å². The lowest BCUT2D eigenvalue weighted by Crippen LogP contribution is -2.40. The normalized spacial score (nSPS) is 11.5. The molecule has 17 heavy (non-hydrogen) atoms. The highest BCUT2D eigenvalue weighted by Gasteiger charge is 2.33. The van der Waals surface area contributed by atoms with E-state index in [2.05, 4.69) is 10.2 Å². The van der Waals surface area contributed by atoms with Gasteiger partial charge in [-0.1, -0.05) is 0 Å². The number of nitrogens with two attached hydrogens (primary N) is 1. The first-order valence-corrected chi connectivity index (χ1v) is 4.61. The number of carbonyl (C=O) groups is 1. The Hall–Kier alpha value is -1.77. The second-order valence-corrected chi connectivity index (χ2v) is 3.27. The maximum atomic E-state index is 12.2. The molecule has 96 valence electrons. The van der Waals surface area contributed by atoms with Crippen molar-refractivity contribution in [3.8, 4) is 0 Å². The minimum atomic E-state index is -4.53. The highest BCUT2D eigenvalue weighted by molar-refractivity contribution is 5.93. The lowest BCUT2D eigenvalue weighted by atomic mass is 10.3. The number of aromatic nitrogens is 2. The molecule has 4 N–H and O–H groups in total. The van der Waals surface area contributed by atoms with E-state index in [-0.39, 0.29) is 11.5 Å². The molecule has 9 heteroatoms. The van der Waals surface area contributed by atoms with E-state index < -0.39 is 31.8 Å². The van der Waals surface area contributed by atoms with Crippen LogP contribution in [0.1, 0.15) is 10.5 Å². The predicted molar refractivity (Wildman–Crippen MR) is 52.0 cm³/mol. The predicted octanol–water partition coefficient (Wildman–Crippen LogP) is -0.0113. The molecule has 0 aromatic carbocycles. The molecular weight excluding hydrogens is 241 g/mol. The fourth-order valence-electron chi connectivity index (χ4n) is 1.21. The smallest absolute Gasteiger partial charge is 0.395 e. The summed E-state index contributed by atoms with van der Waals surface area (Å²) in [5, 5.41) is 14.3. The Morgan fingerprint density at radius 1 is 1.59 bits per heavy atom. The molecule has 0 atom stereocenters. The number of hydrogen-bond acceptors (Lipinski definition) is 4. The van der Waals surface area contributed by atoms with Gasteiger partial charge in [-0.15, -0.1) is 0 Å². The van der Waals surface area contributed by atoms with Gasteiger partial charge in [0.2, 0.25) is 0 Å². The van der Waals surface area contributed by atoms with Crippen molar-refractivity contribution in [2.24, 2.45) is 0 Å². The Kier molecular flexibility index (Phi) is 3.94. The highest BCUT2D eigenvalue weighted by Crippen LogP contribution is 2.17. The molecule has 1 amide bonds. The van der Waals surface area contributed by atoms with Crippen molar-refractivity contribution in [2.75, 3.05) is 25.4 Å². The van der Waals surface area contributed by atoms with Crippen LogP contribution in [0.4, 0.5) is 19.0 Å². The number of amides is 1. The third-order valence-corrected chi connectivity index (χ3v) is 1.86. The molecule has 1 aromatic rings. The molecular formula is C8H11F3N4O2. The average molecular weight is 252 g/mol. The summed E-state index contributed by atoms with van der Waals surface area (Å²) in [6.45, 7) is -2.42. The van der Waals surface area contributed by atoms with Crippen molar-refractivity contribution in [3.63, 3.8) is 0 Å². The Morgan fingerprint density at radius 2 is 2.24 bits per heavy atom. The number of aliphatic hydroxyl groups is 1. The van der Waals surface area contributed by atoms with Crippen molar-refractivity contribution in [2.45, 2.75) is 6.18 Å². The molecule has 0 spiro atoms. The van der Waals surface area contributed by atoms with Crippen LogP contribution < -0.4 is 5.73 Å². The first kappa shape index (κ1) is 13.3. The number of aromatic amines is 1. The van der Waals surface area contributed by atoms with E-state index in [1.807, 2.05) is 0 Å². The van der Waals surface area contributed by atoms with Crippen LogP contribution in [0.2, 0.25) is 0 Å². The van der Waals surface area contributed by atoms with Crippen LogP contribution in [0.3, 0.4) is 0 Å². The van der Waals surface area contributed by atoms with Gasteiger partial charge < -0.3 is 15.7 Å². The zero-order valence-electron chi connectivity index (χ0n) is 8.66. The van der Waals surface area contributed by atoms with Gasteiger partial charge in [0.1, 0.15) is 18.1 Å². The summed E-state index contributed by atoms with van der Waals surface area (Å²) >= 11 is 0. The molecule has 0 saturated heterocycles. The third kappa shape index (κ3) is 3.94. The lowest BCUT2D eigenvalue weighted by Gasteiger charge is -2.22. The number of hydrogen-bond donors (Lipinski definition) is 3. The monoisotopic (exact) mass is 252 g/mol. The van der Waals surface area contributed by atoms with Gasteiger partial charge in [0, 0.05) is 12.6 Å². The quantitative estimate of drug-likeness (QED) is 0.702. The van der Waals surface area contributed by atoms with Crippen molar-refractivity contribution >= 4 is 11.7 Å². The number of rotatable bonds is 4. The summed E-state index contributed by atoms with van der Waals surface area (Å²) in [4.78, 5) is 12.1. The van der Waals surface area contributed by atoms with Gasteiger partial charge in [-0.25, -0.2) is 0 Å². The first-order chi connectivity index (χ1) is 7.83. The van der Waals surface area contributed by atoms with E-state index in [1.54, 1.807) is 0 Å². The summed E-state index contributed by atoms with van der Waals surface area (Å²) in [5.41, 5.74) is 5.08. The number of H-pyrrole nitrogens is 1. The Morgan fingerprint density at radius 3 is 2.65 bits per heavy atom. The zero-order chi connectivity index (χ0) is 13.1. The second-order valence-electron chi connectivity index (χ2n) is 3.27. The largest absolute Gasteiger partial charge is 0.406 e. The van der Waals surface area contributed by atoms with Crippen LogP contribution in [0.15, 0.2) is 6.07 Å². The fraction of sp³-hybridized carbons (Fsp3) is 0.500. The standard InChI is InChI=1S/C8H11F3N4O2/c9-8(10,11)4-15(1-2-16)7(17)5-3-6(12)14-13-5/h3,16H,1-2,4H2,(H3,12,13,14). The first-order valence-electron chi connectivity index (χ1n) is 4.61. The molecule has 0 fully saturated rings. The maximum Gasteiger partial charge on any atom is 0.406 e. The number of anilines is 1. The molecule has 0 saturated carbocycles. The fourth-order valence-corrected chi connectivity index (χ4v) is 1.21. The average Bonchev–Trinajstić information content (AvgIpc) is 2.61. The van der Waals surface area contributed by atoms with Crippen molar-refractivity contribution < 1.29 is 23.1 Å². The lowest BCUT2D eigenvalue weighted by molar-refractivity contribution is -0.141. The minimum Gasteiger partial charge on any atom is -0.395 e. The Bertz CT molecular complexity index is 390. The van der Waals surface area contributed by atoms with Gasteiger partial charge in [-0.3, -0.25) is 9.89 Å². The van der Waals surface area contributed by atoms with Crippen molar-refractivity contribution in [3.05, 3.63) is 11.8 Å². The van der Waals surface area contributed by atoms with Crippen LogP contribution in [-0.2, 0) is 0 Å². The van der Waals surface area contributed by atoms with Crippen molar-refractivity contribution in [1.29, 1.82) is 0 Å². The van der Waals surface area contributed by atoms with Crippen molar-refractivity contribution in [1.82, 2.24) is 15.1 Å². The maximum absolute atomic E-state index is 12.2. The number of alkyl halides is 3. The SMILES string of the molecule is Nc1cc(C(=O)N(CCO)CC(F)(F)F)[nH]n1. The molecule has 0 aliphatic heterocycles. The third-order valence-electron chi connectivity index (χ3n) is 1.86. The molecule has 0 unspecified atom stereocenters. The van der Waals surface area contributed by atoms with Crippen LogP contribution in [0.25, 0.3) is 0 Å². The van der Waals surface area contributed by atoms with Crippen LogP contribution in [0.5, 0.6) is 0 Å². The van der Waals surface area contributed by atoms with Crippen LogP contribution in [0, 0.1) is 0 Å². The summed E-state index contributed by atoms with van der Waals surface area (Å²) < 4.78 is 36.6. The van der Waals surface area contributed by atoms with Gasteiger partial charge in [0.25, 0.3) is 5.91 Å². The minimum absolute atomic E-state index is 0.00399. The summed E-state index contributed by atoms with van der Waals surface area (Å²) in [5.74, 6) is -0.912. The van der Waals surface area contributed by atoms with Gasteiger partial charge in [0.15, 0.2) is 0 Å². The van der Waals surface area contributed by atoms with E-state index in [1.165, 1.54) is 0 Å². The highest BCUT2D eigenvalue weighted by atomic mass is 19.4. The number of nitrogens with one attached hydrogen (secondary N) is 1. The number of carbonyl (C=O) groups excluding carboxylic acids is 1. The van der Waals surface area contributed by atoms with Crippen LogP contribution >= 0.6 is 0 Å². The van der Waals surface area contributed by atoms with Gasteiger partial charge >= 0.3 is 6.18 Å². The zero-order valence-corrected chi connectivity index (χ0v) is 8.66. The molecule has 0 aliphatic carbocycles. The topological polar surface area (TPSA) is 95.2 Å². The molecule has 0 bridgehead atoms. The molecule has 0 aliphatic rings. The molecule has 0 radical (unpaired) electrons. The van der Waals surface area contributed by atoms with Gasteiger partial charge in [0.05, 0.1) is 6.61 Å². The molecule has 6 nitrogen and oxygen atoms in total. The Labute approximate surface area is 94.2 Å². The number of halogens is 3. The summed E-state index contributed by atoms with van der Waals surface area (Å²) in [6.07, 6.45) is -4.53. The van der Waals surface area contributed by atoms with Gasteiger partial charge in [-0.2, -0.15) is 18.3 Å². The van der Waals surface area contributed by atoms with E-state index >= 15 is 0 Å². The molecule has 1 heterocycles. The Balaban J connectivity index is 2.80. The summed E-state index contributed by atoms with van der Waals surface area (Å²) in [6, 6.07) is 1.13. The number of nitrogen functional groups attached to an aromatic ring is 1. The van der Waals surface area contributed by atoms with Gasteiger partial charge in [-0.05, 0) is 0 Å². The number of aliphatic hydroxyl groups excluding tert-OH is 1. The van der Waals surface area contributed by atoms with Crippen LogP contribution in [-0.4, -0.2) is 52.0 Å². The second kappa shape index (κ2) is 5.04. The van der Waals surface area contributed by atoms with E-state index in [4.69, 9.17) is 10.8 Å². The summed E-state index contributed by atoms with van der Waals surface area (Å²) in [7, 11) is 0.